The highest BCUT2D eigenvalue weighted by Crippen LogP contribution is 2.25. The summed E-state index contributed by atoms with van der Waals surface area (Å²) in [5.41, 5.74) is 2.85. The summed E-state index contributed by atoms with van der Waals surface area (Å²) in [6.07, 6.45) is 0.411. The van der Waals surface area contributed by atoms with Gasteiger partial charge in [0.05, 0.1) is 5.69 Å². The van der Waals surface area contributed by atoms with E-state index >= 15 is 0 Å². The number of aromatic nitrogens is 2. The van der Waals surface area contributed by atoms with Crippen LogP contribution in [0.1, 0.15) is 32.8 Å². The van der Waals surface area contributed by atoms with Crippen LogP contribution in [0.4, 0.5) is 17.3 Å². The zero-order valence-electron chi connectivity index (χ0n) is 17.5. The van der Waals surface area contributed by atoms with Gasteiger partial charge in [0.2, 0.25) is 11.9 Å². The number of hydrogen-bond donors (Lipinski definition) is 3. The minimum Gasteiger partial charge on any atom is -0.326 e. The van der Waals surface area contributed by atoms with Crippen molar-refractivity contribution < 1.29 is 4.79 Å². The van der Waals surface area contributed by atoms with E-state index in [1.54, 1.807) is 31.2 Å². The van der Waals surface area contributed by atoms with Gasteiger partial charge in [-0.2, -0.15) is 0 Å². The van der Waals surface area contributed by atoms with Crippen LogP contribution >= 0.6 is 11.6 Å². The molecule has 0 saturated heterocycles. The summed E-state index contributed by atoms with van der Waals surface area (Å²) in [6.45, 7) is 7.77. The highest BCUT2D eigenvalue weighted by atomic mass is 35.5. The lowest BCUT2D eigenvalue weighted by Crippen LogP contribution is -2.19. The second-order valence-corrected chi connectivity index (χ2v) is 8.82. The molecule has 30 heavy (non-hydrogen) atoms. The maximum absolute atomic E-state index is 12.5. The van der Waals surface area contributed by atoms with Crippen LogP contribution in [0.3, 0.4) is 0 Å². The van der Waals surface area contributed by atoms with E-state index in [-0.39, 0.29) is 16.9 Å². The summed E-state index contributed by atoms with van der Waals surface area (Å²) in [4.78, 5) is 32.1. The number of anilines is 3. The second-order valence-electron chi connectivity index (χ2n) is 8.39. The third-order valence-electron chi connectivity index (χ3n) is 4.37. The van der Waals surface area contributed by atoms with Crippen LogP contribution < -0.4 is 16.2 Å². The first kappa shape index (κ1) is 21.6. The predicted molar refractivity (Wildman–Crippen MR) is 122 cm³/mol. The van der Waals surface area contributed by atoms with Gasteiger partial charge in [-0.1, -0.05) is 44.5 Å². The van der Waals surface area contributed by atoms with E-state index in [2.05, 4.69) is 20.6 Å². The third-order valence-corrected chi connectivity index (χ3v) is 4.62. The first-order valence-corrected chi connectivity index (χ1v) is 10.0. The van der Waals surface area contributed by atoms with Crippen LogP contribution in [-0.4, -0.2) is 15.9 Å². The predicted octanol–water partition coefficient (Wildman–Crippen LogP) is 5.52. The average Bonchev–Trinajstić information content (AvgIpc) is 2.65. The van der Waals surface area contributed by atoms with Crippen molar-refractivity contribution in [2.24, 2.45) is 5.41 Å². The van der Waals surface area contributed by atoms with E-state index in [1.807, 2.05) is 45.0 Å². The van der Waals surface area contributed by atoms with E-state index in [0.717, 1.165) is 11.3 Å². The maximum atomic E-state index is 12.5. The third kappa shape index (κ3) is 5.70. The fraction of sp³-hybridized carbons (Fsp3) is 0.261. The monoisotopic (exact) mass is 424 g/mol. The average molecular weight is 425 g/mol. The molecule has 3 aromatic rings. The summed E-state index contributed by atoms with van der Waals surface area (Å²) in [6, 6.07) is 14.4. The normalized spacial score (nSPS) is 11.2. The van der Waals surface area contributed by atoms with Crippen LogP contribution in [0.25, 0.3) is 11.3 Å². The second kappa shape index (κ2) is 8.71. The van der Waals surface area contributed by atoms with Crippen LogP contribution in [0, 0.1) is 12.3 Å². The first-order chi connectivity index (χ1) is 14.1. The Labute approximate surface area is 180 Å². The summed E-state index contributed by atoms with van der Waals surface area (Å²) in [5.74, 6) is 0.269. The van der Waals surface area contributed by atoms with Crippen LogP contribution in [0.5, 0.6) is 0 Å². The van der Waals surface area contributed by atoms with E-state index in [4.69, 9.17) is 11.6 Å². The number of amides is 1. The summed E-state index contributed by atoms with van der Waals surface area (Å²) in [5, 5.41) is 6.63. The number of hydrogen-bond acceptors (Lipinski definition) is 4. The van der Waals surface area contributed by atoms with E-state index < -0.39 is 0 Å². The molecule has 0 saturated carbocycles. The molecule has 0 aliphatic rings. The molecular formula is C23H25ClN4O2. The Balaban J connectivity index is 1.89. The van der Waals surface area contributed by atoms with Crippen molar-refractivity contribution in [2.45, 2.75) is 34.1 Å². The summed E-state index contributed by atoms with van der Waals surface area (Å²) >= 11 is 5.92. The number of nitrogens with one attached hydrogen (secondary N) is 3. The molecule has 3 N–H and O–H groups in total. The van der Waals surface area contributed by atoms with Crippen molar-refractivity contribution in [1.82, 2.24) is 9.97 Å². The van der Waals surface area contributed by atoms with E-state index in [0.29, 0.717) is 34.3 Å². The number of nitrogens with zero attached hydrogens (tertiary/aromatic N) is 1. The molecule has 0 atom stereocenters. The SMILES string of the molecule is Cc1c(-c2cccc(NC(=O)CC(C)(C)C)c2)nc(Nc2ccc(Cl)cc2)[nH]c1=O. The molecule has 0 fully saturated rings. The molecule has 7 heteroatoms. The van der Waals surface area contributed by atoms with Crippen molar-refractivity contribution in [2.75, 3.05) is 10.6 Å². The zero-order valence-corrected chi connectivity index (χ0v) is 18.2. The van der Waals surface area contributed by atoms with Crippen molar-refractivity contribution >= 4 is 34.8 Å². The molecule has 1 heterocycles. The Morgan fingerprint density at radius 3 is 2.47 bits per heavy atom. The Morgan fingerprint density at radius 1 is 1.10 bits per heavy atom. The lowest BCUT2D eigenvalue weighted by atomic mass is 9.92. The number of rotatable bonds is 5. The van der Waals surface area contributed by atoms with E-state index in [1.165, 1.54) is 0 Å². The lowest BCUT2D eigenvalue weighted by molar-refractivity contribution is -0.117. The van der Waals surface area contributed by atoms with E-state index in [9.17, 15) is 9.59 Å². The van der Waals surface area contributed by atoms with Gasteiger partial charge >= 0.3 is 0 Å². The first-order valence-electron chi connectivity index (χ1n) is 9.64. The molecule has 0 aliphatic carbocycles. The largest absolute Gasteiger partial charge is 0.326 e. The molecule has 0 radical (unpaired) electrons. The van der Waals surface area contributed by atoms with Gasteiger partial charge in [0.1, 0.15) is 0 Å². The highest BCUT2D eigenvalue weighted by Gasteiger charge is 2.16. The molecule has 0 unspecified atom stereocenters. The van der Waals surface area contributed by atoms with Crippen LogP contribution in [-0.2, 0) is 4.79 Å². The van der Waals surface area contributed by atoms with Gasteiger partial charge in [-0.25, -0.2) is 4.98 Å². The zero-order chi connectivity index (χ0) is 21.9. The van der Waals surface area contributed by atoms with Crippen LogP contribution in [0.2, 0.25) is 5.02 Å². The molecule has 0 aliphatic heterocycles. The summed E-state index contributed by atoms with van der Waals surface area (Å²) in [7, 11) is 0. The number of aromatic amines is 1. The molecule has 3 rings (SSSR count). The number of carbonyl (C=O) groups excluding carboxylic acids is 1. The van der Waals surface area contributed by atoms with Crippen LogP contribution in [0.15, 0.2) is 53.3 Å². The maximum Gasteiger partial charge on any atom is 0.255 e. The van der Waals surface area contributed by atoms with Gasteiger partial charge < -0.3 is 10.6 Å². The standard InChI is InChI=1S/C23H25ClN4O2/c1-14-20(15-6-5-7-18(12-15)25-19(29)13-23(2,3)4)27-22(28-21(14)30)26-17-10-8-16(24)9-11-17/h5-12H,13H2,1-4H3,(H,25,29)(H2,26,27,28,30). The smallest absolute Gasteiger partial charge is 0.255 e. The van der Waals surface area contributed by atoms with Gasteiger partial charge in [-0.15, -0.1) is 0 Å². The highest BCUT2D eigenvalue weighted by molar-refractivity contribution is 6.30. The lowest BCUT2D eigenvalue weighted by Gasteiger charge is -2.17. The molecule has 2 aromatic carbocycles. The van der Waals surface area contributed by atoms with Gasteiger partial charge in [0, 0.05) is 33.9 Å². The number of H-pyrrole nitrogens is 1. The molecule has 1 aromatic heterocycles. The van der Waals surface area contributed by atoms with Crippen molar-refractivity contribution in [3.63, 3.8) is 0 Å². The fourth-order valence-corrected chi connectivity index (χ4v) is 3.10. The van der Waals surface area contributed by atoms with Crippen molar-refractivity contribution in [3.8, 4) is 11.3 Å². The topological polar surface area (TPSA) is 86.9 Å². The molecule has 6 nitrogen and oxygen atoms in total. The van der Waals surface area contributed by atoms with Gasteiger partial charge in [0.15, 0.2) is 0 Å². The minimum absolute atomic E-state index is 0.0552. The molecule has 0 spiro atoms. The number of benzene rings is 2. The quantitative estimate of drug-likeness (QED) is 0.503. The summed E-state index contributed by atoms with van der Waals surface area (Å²) < 4.78 is 0. The van der Waals surface area contributed by atoms with Gasteiger partial charge in [-0.05, 0) is 48.7 Å². The van der Waals surface area contributed by atoms with Gasteiger partial charge in [0.25, 0.3) is 5.56 Å². The molecular weight excluding hydrogens is 400 g/mol. The Bertz CT molecular complexity index is 1120. The molecule has 156 valence electrons. The minimum atomic E-state index is -0.237. The Morgan fingerprint density at radius 2 is 1.80 bits per heavy atom. The molecule has 0 bridgehead atoms. The molecule has 1 amide bonds. The number of carbonyl (C=O) groups is 1. The fourth-order valence-electron chi connectivity index (χ4n) is 2.97. The van der Waals surface area contributed by atoms with Crippen molar-refractivity contribution in [1.29, 1.82) is 0 Å². The Hall–Kier alpha value is -3.12. The number of halogens is 1. The van der Waals surface area contributed by atoms with Crippen molar-refractivity contribution in [3.05, 3.63) is 69.5 Å². The Kier molecular flexibility index (Phi) is 6.27. The van der Waals surface area contributed by atoms with Gasteiger partial charge in [-0.3, -0.25) is 14.6 Å².